The van der Waals surface area contributed by atoms with Crippen molar-refractivity contribution >= 4 is 39.9 Å². The van der Waals surface area contributed by atoms with Crippen molar-refractivity contribution in [2.45, 2.75) is 19.9 Å². The van der Waals surface area contributed by atoms with Crippen LogP contribution in [0.15, 0.2) is 30.6 Å². The molecule has 0 radical (unpaired) electrons. The third kappa shape index (κ3) is 1.69. The lowest BCUT2D eigenvalue weighted by Gasteiger charge is -2.23. The molecule has 4 rings (SSSR count). The molecule has 0 saturated carbocycles. The molecule has 0 saturated heterocycles. The van der Waals surface area contributed by atoms with Crippen molar-refractivity contribution in [3.63, 3.8) is 0 Å². The number of benzene rings is 1. The Hall–Kier alpha value is -2.40. The number of para-hydroxylation sites is 1. The Kier molecular flexibility index (Phi) is 2.74. The van der Waals surface area contributed by atoms with Gasteiger partial charge in [-0.2, -0.15) is 4.98 Å². The van der Waals surface area contributed by atoms with E-state index in [0.29, 0.717) is 10.8 Å². The van der Waals surface area contributed by atoms with Crippen LogP contribution in [0.2, 0.25) is 5.02 Å². The van der Waals surface area contributed by atoms with Crippen molar-refractivity contribution in [2.24, 2.45) is 0 Å². The molecule has 0 amide bonds. The highest BCUT2D eigenvalue weighted by Gasteiger charge is 2.41. The van der Waals surface area contributed by atoms with Crippen LogP contribution < -0.4 is 5.73 Å². The molecule has 0 atom stereocenters. The van der Waals surface area contributed by atoms with Crippen molar-refractivity contribution in [3.05, 3.63) is 46.9 Å². The number of hydrogen-bond acceptors (Lipinski definition) is 3. The number of halogens is 1. The monoisotopic (exact) mass is 312 g/mol. The Bertz CT molecular complexity index is 939. The van der Waals surface area contributed by atoms with Gasteiger partial charge in [0.15, 0.2) is 11.3 Å². The first-order chi connectivity index (χ1) is 10.6. The maximum atomic E-state index is 6.26. The lowest BCUT2D eigenvalue weighted by Crippen LogP contribution is -2.36. The Labute approximate surface area is 132 Å². The van der Waals surface area contributed by atoms with E-state index in [4.69, 9.17) is 17.3 Å². The molecular formula is C16H15ClN5+. The van der Waals surface area contributed by atoms with Gasteiger partial charge >= 0.3 is 5.82 Å². The molecule has 22 heavy (non-hydrogen) atoms. The third-order valence-electron chi connectivity index (χ3n) is 3.94. The van der Waals surface area contributed by atoms with Crippen LogP contribution in [0.4, 0.5) is 11.6 Å². The fourth-order valence-electron chi connectivity index (χ4n) is 2.99. The van der Waals surface area contributed by atoms with Crippen molar-refractivity contribution in [2.75, 3.05) is 5.73 Å². The van der Waals surface area contributed by atoms with Crippen molar-refractivity contribution in [1.29, 1.82) is 0 Å². The Morgan fingerprint density at radius 3 is 2.82 bits per heavy atom. The Balaban J connectivity index is 1.98. The number of H-pyrrole nitrogens is 1. The molecule has 110 valence electrons. The lowest BCUT2D eigenvalue weighted by atomic mass is 10.00. The van der Waals surface area contributed by atoms with Crippen LogP contribution in [-0.2, 0) is 0 Å². The molecular weight excluding hydrogens is 298 g/mol. The smallest absolute Gasteiger partial charge is 0.341 e. The Morgan fingerprint density at radius 2 is 2.09 bits per heavy atom. The molecule has 1 aliphatic heterocycles. The summed E-state index contributed by atoms with van der Waals surface area (Å²) >= 11 is 6.26. The number of nitrogens with two attached hydrogens (primary N) is 1. The maximum absolute atomic E-state index is 6.26. The molecule has 2 aromatic heterocycles. The van der Waals surface area contributed by atoms with Crippen molar-refractivity contribution < 1.29 is 4.58 Å². The van der Waals surface area contributed by atoms with E-state index in [1.807, 2.05) is 18.2 Å². The summed E-state index contributed by atoms with van der Waals surface area (Å²) in [6.07, 6.45) is 1.50. The number of anilines is 1. The van der Waals surface area contributed by atoms with E-state index < -0.39 is 0 Å². The molecule has 3 heterocycles. The van der Waals surface area contributed by atoms with Gasteiger partial charge in [-0.25, -0.2) is 4.58 Å². The molecule has 0 bridgehead atoms. The molecule has 0 unspecified atom stereocenters. The second-order valence-electron chi connectivity index (χ2n) is 5.66. The van der Waals surface area contributed by atoms with E-state index >= 15 is 0 Å². The summed E-state index contributed by atoms with van der Waals surface area (Å²) in [7, 11) is 0. The zero-order valence-electron chi connectivity index (χ0n) is 12.3. The van der Waals surface area contributed by atoms with Crippen LogP contribution in [0.25, 0.3) is 10.9 Å². The predicted molar refractivity (Wildman–Crippen MR) is 88.0 cm³/mol. The first-order valence-corrected chi connectivity index (χ1v) is 7.50. The summed E-state index contributed by atoms with van der Waals surface area (Å²) in [5, 5.41) is 1.78. The van der Waals surface area contributed by atoms with Crippen LogP contribution in [0.1, 0.15) is 25.1 Å². The minimum absolute atomic E-state index is 0.277. The second kappa shape index (κ2) is 4.55. The number of aromatic amines is 1. The molecule has 0 spiro atoms. The number of nitrogen functional groups attached to an aromatic ring is 1. The summed E-state index contributed by atoms with van der Waals surface area (Å²) < 4.78 is 2.16. The number of nitrogens with one attached hydrogen (secondary N) is 1. The SMILES string of the molecule is CC(C)[N+]1=C(c2cc3cccc(Cl)c3[nH]2)c2c(N)ncnc21. The molecule has 1 aromatic carbocycles. The van der Waals surface area contributed by atoms with Crippen LogP contribution in [0.3, 0.4) is 0 Å². The standard InChI is InChI=1S/C16H14ClN5/c1-8(2)22-14(12-15(18)19-7-20-16(12)22)11-6-9-4-3-5-10(17)13(9)21-11/h3-8H,1-2H3,(H2,18,19,20,21)/p+1. The number of fused-ring (bicyclic) bond motifs is 2. The van der Waals surface area contributed by atoms with Crippen molar-refractivity contribution in [1.82, 2.24) is 15.0 Å². The summed E-state index contributed by atoms with van der Waals surface area (Å²) in [6.45, 7) is 4.24. The largest absolute Gasteiger partial charge is 0.383 e. The topological polar surface area (TPSA) is 70.6 Å². The van der Waals surface area contributed by atoms with Gasteiger partial charge in [0.2, 0.25) is 6.33 Å². The van der Waals surface area contributed by atoms with E-state index in [-0.39, 0.29) is 6.04 Å². The molecule has 1 aliphatic rings. The molecule has 3 aromatic rings. The minimum Gasteiger partial charge on any atom is -0.383 e. The molecule has 0 aliphatic carbocycles. The first kappa shape index (κ1) is 13.3. The first-order valence-electron chi connectivity index (χ1n) is 7.12. The van der Waals surface area contributed by atoms with E-state index in [9.17, 15) is 0 Å². The van der Waals surface area contributed by atoms with E-state index in [0.717, 1.165) is 33.7 Å². The lowest BCUT2D eigenvalue weighted by molar-refractivity contribution is -0.490. The number of nitrogens with zero attached hydrogens (tertiary/aromatic N) is 3. The van der Waals surface area contributed by atoms with Gasteiger partial charge in [0.1, 0.15) is 5.82 Å². The second-order valence-corrected chi connectivity index (χ2v) is 6.06. The normalized spacial score (nSPS) is 13.6. The van der Waals surface area contributed by atoms with E-state index in [1.165, 1.54) is 6.33 Å². The summed E-state index contributed by atoms with van der Waals surface area (Å²) in [6, 6.07) is 8.21. The van der Waals surface area contributed by atoms with Gasteiger partial charge < -0.3 is 10.7 Å². The average Bonchev–Trinajstić information content (AvgIpc) is 2.85. The fraction of sp³-hybridized carbons (Fsp3) is 0.188. The number of hydrogen-bond donors (Lipinski definition) is 2. The zero-order chi connectivity index (χ0) is 15.4. The molecule has 5 nitrogen and oxygen atoms in total. The number of rotatable bonds is 2. The van der Waals surface area contributed by atoms with Gasteiger partial charge in [-0.3, -0.25) is 0 Å². The van der Waals surface area contributed by atoms with E-state index in [2.05, 4.69) is 39.4 Å². The average molecular weight is 313 g/mol. The van der Waals surface area contributed by atoms with Gasteiger partial charge in [-0.1, -0.05) is 23.7 Å². The summed E-state index contributed by atoms with van der Waals surface area (Å²) in [4.78, 5) is 11.9. The van der Waals surface area contributed by atoms with Gasteiger partial charge in [0.25, 0.3) is 0 Å². The highest BCUT2D eigenvalue weighted by Crippen LogP contribution is 2.35. The number of aromatic nitrogens is 3. The van der Waals surface area contributed by atoms with Gasteiger partial charge in [0, 0.05) is 5.39 Å². The van der Waals surface area contributed by atoms with Crippen LogP contribution in [-0.4, -0.2) is 31.3 Å². The van der Waals surface area contributed by atoms with Crippen molar-refractivity contribution in [3.8, 4) is 0 Å². The molecule has 6 heteroatoms. The maximum Gasteiger partial charge on any atom is 0.341 e. The van der Waals surface area contributed by atoms with E-state index in [1.54, 1.807) is 0 Å². The Morgan fingerprint density at radius 1 is 1.27 bits per heavy atom. The highest BCUT2D eigenvalue weighted by molar-refractivity contribution is 6.35. The van der Waals surface area contributed by atoms with Gasteiger partial charge in [-0.05, 0) is 31.0 Å². The van der Waals surface area contributed by atoms with Gasteiger partial charge in [0.05, 0.1) is 22.3 Å². The summed E-state index contributed by atoms with van der Waals surface area (Å²) in [5.41, 5.74) is 9.88. The molecule has 0 fully saturated rings. The minimum atomic E-state index is 0.277. The van der Waals surface area contributed by atoms with Gasteiger partial charge in [-0.15, -0.1) is 0 Å². The fourth-order valence-corrected chi connectivity index (χ4v) is 3.22. The predicted octanol–water partition coefficient (Wildman–Crippen LogP) is 3.10. The molecule has 3 N–H and O–H groups in total. The van der Waals surface area contributed by atoms with Crippen LogP contribution in [0.5, 0.6) is 0 Å². The third-order valence-corrected chi connectivity index (χ3v) is 4.25. The van der Waals surface area contributed by atoms with Crippen LogP contribution >= 0.6 is 11.6 Å². The zero-order valence-corrected chi connectivity index (χ0v) is 13.0. The highest BCUT2D eigenvalue weighted by atomic mass is 35.5. The quantitative estimate of drug-likeness (QED) is 0.714. The summed E-state index contributed by atoms with van der Waals surface area (Å²) in [5.74, 6) is 1.38. The van der Waals surface area contributed by atoms with Crippen LogP contribution in [0, 0.1) is 0 Å².